The molecule has 2 aromatic rings. The van der Waals surface area contributed by atoms with Gasteiger partial charge in [0.25, 0.3) is 0 Å². The maximum absolute atomic E-state index is 10.3. The van der Waals surface area contributed by atoms with Crippen molar-refractivity contribution in [3.8, 4) is 0 Å². The van der Waals surface area contributed by atoms with Crippen LogP contribution in [0.2, 0.25) is 0 Å². The van der Waals surface area contributed by atoms with Crippen LogP contribution in [-0.4, -0.2) is 5.11 Å². The fraction of sp³-hybridized carbons (Fsp3) is 0.250. The van der Waals surface area contributed by atoms with E-state index < -0.39 is 6.10 Å². The van der Waals surface area contributed by atoms with Crippen LogP contribution in [-0.2, 0) is 6.42 Å². The molecule has 0 aliphatic heterocycles. The van der Waals surface area contributed by atoms with Crippen molar-refractivity contribution in [3.63, 3.8) is 0 Å². The number of halogens is 1. The normalized spacial score (nSPS) is 12.4. The number of hydrogen-bond donors (Lipinski definition) is 1. The van der Waals surface area contributed by atoms with Crippen molar-refractivity contribution in [3.05, 3.63) is 68.3 Å². The van der Waals surface area contributed by atoms with E-state index in [9.17, 15) is 5.11 Å². The molecule has 2 aromatic carbocycles. The van der Waals surface area contributed by atoms with Crippen molar-refractivity contribution >= 4 is 22.6 Å². The standard InChI is InChI=1S/C16H17IO/c1-11-7-12(2)9-14(8-11)16(18)10-13-3-5-15(17)6-4-13/h3-9,16,18H,10H2,1-2H3. The van der Waals surface area contributed by atoms with Crippen molar-refractivity contribution in [2.75, 3.05) is 0 Å². The van der Waals surface area contributed by atoms with Gasteiger partial charge < -0.3 is 5.11 Å². The van der Waals surface area contributed by atoms with Crippen LogP contribution in [0.25, 0.3) is 0 Å². The monoisotopic (exact) mass is 352 g/mol. The fourth-order valence-electron chi connectivity index (χ4n) is 2.16. The van der Waals surface area contributed by atoms with Crippen LogP contribution in [0.5, 0.6) is 0 Å². The highest BCUT2D eigenvalue weighted by Crippen LogP contribution is 2.21. The highest BCUT2D eigenvalue weighted by Gasteiger charge is 2.09. The van der Waals surface area contributed by atoms with Gasteiger partial charge in [-0.2, -0.15) is 0 Å². The molecular weight excluding hydrogens is 335 g/mol. The third-order valence-electron chi connectivity index (χ3n) is 2.97. The first-order valence-corrected chi connectivity index (χ1v) is 7.13. The highest BCUT2D eigenvalue weighted by atomic mass is 127. The summed E-state index contributed by atoms with van der Waals surface area (Å²) in [6.07, 6.45) is 0.239. The van der Waals surface area contributed by atoms with Crippen molar-refractivity contribution in [1.82, 2.24) is 0 Å². The summed E-state index contributed by atoms with van der Waals surface area (Å²) >= 11 is 2.29. The second-order valence-electron chi connectivity index (χ2n) is 4.77. The van der Waals surface area contributed by atoms with Gasteiger partial charge in [0.15, 0.2) is 0 Å². The Morgan fingerprint density at radius 1 is 1.00 bits per heavy atom. The van der Waals surface area contributed by atoms with E-state index >= 15 is 0 Å². The maximum Gasteiger partial charge on any atom is 0.0830 e. The number of aliphatic hydroxyl groups is 1. The SMILES string of the molecule is Cc1cc(C)cc(C(O)Cc2ccc(I)cc2)c1. The van der Waals surface area contributed by atoms with Gasteiger partial charge in [-0.05, 0) is 59.7 Å². The van der Waals surface area contributed by atoms with Crippen molar-refractivity contribution in [2.45, 2.75) is 26.4 Å². The van der Waals surface area contributed by atoms with Gasteiger partial charge in [-0.1, -0.05) is 41.5 Å². The van der Waals surface area contributed by atoms with Gasteiger partial charge in [-0.15, -0.1) is 0 Å². The van der Waals surface area contributed by atoms with Gasteiger partial charge in [0.2, 0.25) is 0 Å². The van der Waals surface area contributed by atoms with Crippen LogP contribution in [0.1, 0.15) is 28.4 Å². The smallest absolute Gasteiger partial charge is 0.0830 e. The predicted octanol–water partition coefficient (Wildman–Crippen LogP) is 4.18. The van der Waals surface area contributed by atoms with E-state index in [0.717, 1.165) is 5.56 Å². The van der Waals surface area contributed by atoms with Crippen molar-refractivity contribution in [2.24, 2.45) is 0 Å². The fourth-order valence-corrected chi connectivity index (χ4v) is 2.52. The molecule has 18 heavy (non-hydrogen) atoms. The Bertz CT molecular complexity index is 511. The van der Waals surface area contributed by atoms with Crippen LogP contribution >= 0.6 is 22.6 Å². The lowest BCUT2D eigenvalue weighted by Gasteiger charge is -2.13. The van der Waals surface area contributed by atoms with Crippen LogP contribution in [0.3, 0.4) is 0 Å². The van der Waals surface area contributed by atoms with Crippen molar-refractivity contribution < 1.29 is 5.11 Å². The molecule has 0 bridgehead atoms. The Labute approximate surface area is 122 Å². The molecule has 0 fully saturated rings. The molecule has 0 spiro atoms. The number of rotatable bonds is 3. The summed E-state index contributed by atoms with van der Waals surface area (Å²) in [6, 6.07) is 14.5. The maximum atomic E-state index is 10.3. The van der Waals surface area contributed by atoms with Gasteiger partial charge in [0.05, 0.1) is 6.10 Å². The zero-order valence-electron chi connectivity index (χ0n) is 10.7. The Morgan fingerprint density at radius 2 is 1.56 bits per heavy atom. The quantitative estimate of drug-likeness (QED) is 0.822. The second-order valence-corrected chi connectivity index (χ2v) is 6.01. The minimum absolute atomic E-state index is 0.427. The predicted molar refractivity (Wildman–Crippen MR) is 83.7 cm³/mol. The largest absolute Gasteiger partial charge is 0.388 e. The molecule has 0 aliphatic rings. The summed E-state index contributed by atoms with van der Waals surface area (Å²) in [7, 11) is 0. The molecule has 0 heterocycles. The molecule has 0 saturated heterocycles. The van der Waals surface area contributed by atoms with Gasteiger partial charge >= 0.3 is 0 Å². The third kappa shape index (κ3) is 3.56. The summed E-state index contributed by atoms with van der Waals surface area (Å²) in [5.41, 5.74) is 4.58. The van der Waals surface area contributed by atoms with Gasteiger partial charge in [-0.25, -0.2) is 0 Å². The van der Waals surface area contributed by atoms with Crippen molar-refractivity contribution in [1.29, 1.82) is 0 Å². The van der Waals surface area contributed by atoms with E-state index in [1.807, 2.05) is 0 Å². The number of hydrogen-bond acceptors (Lipinski definition) is 1. The molecule has 0 amide bonds. The summed E-state index contributed by atoms with van der Waals surface area (Å²) in [5.74, 6) is 0. The summed E-state index contributed by atoms with van der Waals surface area (Å²) < 4.78 is 1.22. The Balaban J connectivity index is 2.16. The zero-order chi connectivity index (χ0) is 13.1. The summed E-state index contributed by atoms with van der Waals surface area (Å²) in [4.78, 5) is 0. The average Bonchev–Trinajstić information content (AvgIpc) is 2.31. The van der Waals surface area contributed by atoms with Crippen LogP contribution in [0.15, 0.2) is 42.5 Å². The molecule has 1 atom stereocenters. The molecule has 0 radical (unpaired) electrons. The molecule has 0 aromatic heterocycles. The van der Waals surface area contributed by atoms with E-state index in [-0.39, 0.29) is 0 Å². The van der Waals surface area contributed by atoms with Gasteiger partial charge in [0, 0.05) is 9.99 Å². The lowest BCUT2D eigenvalue weighted by molar-refractivity contribution is 0.178. The highest BCUT2D eigenvalue weighted by molar-refractivity contribution is 14.1. The van der Waals surface area contributed by atoms with Crippen LogP contribution in [0, 0.1) is 17.4 Å². The minimum Gasteiger partial charge on any atom is -0.388 e. The number of benzene rings is 2. The topological polar surface area (TPSA) is 20.2 Å². The molecule has 1 nitrogen and oxygen atoms in total. The third-order valence-corrected chi connectivity index (χ3v) is 3.69. The van der Waals surface area contributed by atoms with E-state index in [2.05, 4.69) is 78.9 Å². The number of aryl methyl sites for hydroxylation is 2. The Morgan fingerprint density at radius 3 is 2.11 bits per heavy atom. The zero-order valence-corrected chi connectivity index (χ0v) is 12.8. The first kappa shape index (κ1) is 13.6. The van der Waals surface area contributed by atoms with Crippen LogP contribution < -0.4 is 0 Å². The Kier molecular flexibility index (Phi) is 4.40. The van der Waals surface area contributed by atoms with Gasteiger partial charge in [-0.3, -0.25) is 0 Å². The Hall–Kier alpha value is -0.870. The molecule has 1 unspecified atom stereocenters. The van der Waals surface area contributed by atoms with E-state index in [0.29, 0.717) is 6.42 Å². The number of aliphatic hydroxyl groups excluding tert-OH is 1. The second kappa shape index (κ2) is 5.85. The summed E-state index contributed by atoms with van der Waals surface area (Å²) in [5, 5.41) is 10.3. The van der Waals surface area contributed by atoms with Crippen LogP contribution in [0.4, 0.5) is 0 Å². The van der Waals surface area contributed by atoms with E-state index in [1.54, 1.807) is 0 Å². The van der Waals surface area contributed by atoms with E-state index in [4.69, 9.17) is 0 Å². The molecule has 1 N–H and O–H groups in total. The molecular formula is C16H17IO. The van der Waals surface area contributed by atoms with Gasteiger partial charge in [0.1, 0.15) is 0 Å². The average molecular weight is 352 g/mol. The molecule has 2 rings (SSSR count). The van der Waals surface area contributed by atoms with E-state index in [1.165, 1.54) is 20.3 Å². The minimum atomic E-state index is -0.427. The molecule has 94 valence electrons. The summed E-state index contributed by atoms with van der Waals surface area (Å²) in [6.45, 7) is 4.13. The lowest BCUT2D eigenvalue weighted by Crippen LogP contribution is -2.02. The molecule has 0 aliphatic carbocycles. The first-order valence-electron chi connectivity index (χ1n) is 6.05. The molecule has 2 heteroatoms. The molecule has 0 saturated carbocycles. The lowest BCUT2D eigenvalue weighted by atomic mass is 9.98. The first-order chi connectivity index (χ1) is 8.54.